The highest BCUT2D eigenvalue weighted by Gasteiger charge is 2.28. The Labute approximate surface area is 112 Å². The van der Waals surface area contributed by atoms with Gasteiger partial charge in [-0.2, -0.15) is 0 Å². The molecule has 0 spiro atoms. The fourth-order valence-corrected chi connectivity index (χ4v) is 1.56. The summed E-state index contributed by atoms with van der Waals surface area (Å²) in [6, 6.07) is -0.380. The van der Waals surface area contributed by atoms with Gasteiger partial charge >= 0.3 is 12.0 Å². The molecule has 0 saturated heterocycles. The lowest BCUT2D eigenvalue weighted by Gasteiger charge is -2.34. The van der Waals surface area contributed by atoms with Crippen LogP contribution in [0.3, 0.4) is 0 Å². The van der Waals surface area contributed by atoms with Crippen molar-refractivity contribution in [2.75, 3.05) is 13.1 Å². The molecule has 1 rings (SSSR count). The van der Waals surface area contributed by atoms with Crippen molar-refractivity contribution in [1.29, 1.82) is 0 Å². The van der Waals surface area contributed by atoms with Crippen LogP contribution in [-0.4, -0.2) is 50.2 Å². The Morgan fingerprint density at radius 1 is 1.42 bits per heavy atom. The molecule has 0 saturated carbocycles. The minimum absolute atomic E-state index is 0.319. The predicted molar refractivity (Wildman–Crippen MR) is 69.7 cm³/mol. The van der Waals surface area contributed by atoms with Crippen molar-refractivity contribution in [2.24, 2.45) is 0 Å². The van der Waals surface area contributed by atoms with Crippen LogP contribution in [0.4, 0.5) is 4.79 Å². The molecule has 0 aliphatic carbocycles. The van der Waals surface area contributed by atoms with E-state index < -0.39 is 11.5 Å². The molecule has 2 amide bonds. The van der Waals surface area contributed by atoms with Crippen LogP contribution in [-0.2, 0) is 11.3 Å². The van der Waals surface area contributed by atoms with Gasteiger partial charge in [0, 0.05) is 31.0 Å². The number of carbonyl (C=O) groups excluding carboxylic acids is 1. The second kappa shape index (κ2) is 6.21. The van der Waals surface area contributed by atoms with Gasteiger partial charge in [-0.1, -0.05) is 0 Å². The SMILES string of the molecule is CC(C)(C)N(CC(=O)O)C(=O)NCCn1ccnc1. The summed E-state index contributed by atoms with van der Waals surface area (Å²) in [5.74, 6) is -1.03. The molecule has 0 aliphatic rings. The fourth-order valence-electron chi connectivity index (χ4n) is 1.56. The van der Waals surface area contributed by atoms with Gasteiger partial charge in [0.15, 0.2) is 0 Å². The Morgan fingerprint density at radius 2 is 2.11 bits per heavy atom. The molecular weight excluding hydrogens is 248 g/mol. The van der Waals surface area contributed by atoms with Crippen molar-refractivity contribution in [3.8, 4) is 0 Å². The fraction of sp³-hybridized carbons (Fsp3) is 0.583. The number of hydrogen-bond donors (Lipinski definition) is 2. The number of imidazole rings is 1. The maximum absolute atomic E-state index is 12.0. The first-order chi connectivity index (χ1) is 8.80. The van der Waals surface area contributed by atoms with Crippen LogP contribution in [0.1, 0.15) is 20.8 Å². The summed E-state index contributed by atoms with van der Waals surface area (Å²) < 4.78 is 1.83. The van der Waals surface area contributed by atoms with Gasteiger partial charge in [0.2, 0.25) is 0 Å². The molecule has 0 unspecified atom stereocenters. The van der Waals surface area contributed by atoms with E-state index in [1.165, 1.54) is 4.90 Å². The smallest absolute Gasteiger partial charge is 0.323 e. The van der Waals surface area contributed by atoms with Gasteiger partial charge in [0.25, 0.3) is 0 Å². The number of carbonyl (C=O) groups is 2. The van der Waals surface area contributed by atoms with Crippen LogP contribution in [0.25, 0.3) is 0 Å². The number of nitrogens with zero attached hydrogens (tertiary/aromatic N) is 3. The maximum Gasteiger partial charge on any atom is 0.323 e. The summed E-state index contributed by atoms with van der Waals surface area (Å²) in [7, 11) is 0. The molecular formula is C12H20N4O3. The van der Waals surface area contributed by atoms with Crippen LogP contribution in [0.2, 0.25) is 0 Å². The highest BCUT2D eigenvalue weighted by atomic mass is 16.4. The molecule has 0 bridgehead atoms. The van der Waals surface area contributed by atoms with E-state index in [1.54, 1.807) is 39.5 Å². The lowest BCUT2D eigenvalue weighted by atomic mass is 10.1. The monoisotopic (exact) mass is 268 g/mol. The van der Waals surface area contributed by atoms with Crippen molar-refractivity contribution in [3.05, 3.63) is 18.7 Å². The average Bonchev–Trinajstić information content (AvgIpc) is 2.77. The number of amides is 2. The van der Waals surface area contributed by atoms with Gasteiger partial charge in [0.1, 0.15) is 6.54 Å². The number of nitrogens with one attached hydrogen (secondary N) is 1. The molecule has 1 aromatic heterocycles. The van der Waals surface area contributed by atoms with Crippen molar-refractivity contribution in [1.82, 2.24) is 19.8 Å². The van der Waals surface area contributed by atoms with Gasteiger partial charge in [-0.15, -0.1) is 0 Å². The summed E-state index contributed by atoms with van der Waals surface area (Å²) in [5.41, 5.74) is -0.544. The third-order valence-corrected chi connectivity index (χ3v) is 2.55. The molecule has 0 radical (unpaired) electrons. The van der Waals surface area contributed by atoms with Crippen molar-refractivity contribution in [2.45, 2.75) is 32.9 Å². The first kappa shape index (κ1) is 15.0. The van der Waals surface area contributed by atoms with Crippen LogP contribution in [0.15, 0.2) is 18.7 Å². The largest absolute Gasteiger partial charge is 0.480 e. The number of aromatic nitrogens is 2. The standard InChI is InChI=1S/C12H20N4O3/c1-12(2,3)16(8-10(17)18)11(19)14-5-7-15-6-4-13-9-15/h4,6,9H,5,7-8H2,1-3H3,(H,14,19)(H,17,18). The van der Waals surface area contributed by atoms with Gasteiger partial charge in [-0.25, -0.2) is 9.78 Å². The molecule has 0 aliphatic heterocycles. The van der Waals surface area contributed by atoms with E-state index in [-0.39, 0.29) is 12.6 Å². The predicted octanol–water partition coefficient (Wildman–Crippen LogP) is 0.778. The second-order valence-corrected chi connectivity index (χ2v) is 5.18. The van der Waals surface area contributed by atoms with E-state index in [0.717, 1.165) is 0 Å². The van der Waals surface area contributed by atoms with Crippen molar-refractivity contribution >= 4 is 12.0 Å². The first-order valence-electron chi connectivity index (χ1n) is 6.03. The summed E-state index contributed by atoms with van der Waals surface area (Å²) in [6.07, 6.45) is 5.11. The number of aliphatic carboxylic acids is 1. The topological polar surface area (TPSA) is 87.5 Å². The molecule has 0 aromatic carbocycles. The molecule has 106 valence electrons. The number of urea groups is 1. The van der Waals surface area contributed by atoms with E-state index >= 15 is 0 Å². The summed E-state index contributed by atoms with van der Waals surface area (Å²) in [4.78, 5) is 28.0. The van der Waals surface area contributed by atoms with Gasteiger partial charge in [0.05, 0.1) is 6.33 Å². The third kappa shape index (κ3) is 4.99. The molecule has 0 fully saturated rings. The number of carboxylic acids is 1. The quantitative estimate of drug-likeness (QED) is 0.826. The normalized spacial score (nSPS) is 11.1. The Bertz CT molecular complexity index is 423. The molecule has 1 heterocycles. The van der Waals surface area contributed by atoms with Crippen LogP contribution >= 0.6 is 0 Å². The average molecular weight is 268 g/mol. The van der Waals surface area contributed by atoms with Crippen molar-refractivity contribution in [3.63, 3.8) is 0 Å². The van der Waals surface area contributed by atoms with Crippen molar-refractivity contribution < 1.29 is 14.7 Å². The zero-order valence-corrected chi connectivity index (χ0v) is 11.5. The minimum Gasteiger partial charge on any atom is -0.480 e. The zero-order valence-electron chi connectivity index (χ0n) is 11.5. The Morgan fingerprint density at radius 3 is 2.58 bits per heavy atom. The second-order valence-electron chi connectivity index (χ2n) is 5.18. The highest BCUT2D eigenvalue weighted by Crippen LogP contribution is 2.12. The summed E-state index contributed by atoms with van der Waals surface area (Å²) >= 11 is 0. The van der Waals surface area contributed by atoms with Crippen LogP contribution in [0, 0.1) is 0 Å². The van der Waals surface area contributed by atoms with E-state index in [2.05, 4.69) is 10.3 Å². The molecule has 0 atom stereocenters. The van der Waals surface area contributed by atoms with E-state index in [1.807, 2.05) is 4.57 Å². The summed E-state index contributed by atoms with van der Waals surface area (Å²) in [6.45, 7) is 6.08. The molecule has 1 aromatic rings. The van der Waals surface area contributed by atoms with Gasteiger partial charge in [-0.3, -0.25) is 4.79 Å². The highest BCUT2D eigenvalue weighted by molar-refractivity contribution is 5.80. The molecule has 7 nitrogen and oxygen atoms in total. The third-order valence-electron chi connectivity index (χ3n) is 2.55. The van der Waals surface area contributed by atoms with E-state index in [0.29, 0.717) is 13.1 Å². The number of hydrogen-bond acceptors (Lipinski definition) is 3. The van der Waals surface area contributed by atoms with E-state index in [9.17, 15) is 9.59 Å². The molecule has 2 N–H and O–H groups in total. The summed E-state index contributed by atoms with van der Waals surface area (Å²) in [5, 5.41) is 11.5. The zero-order chi connectivity index (χ0) is 14.5. The molecule has 19 heavy (non-hydrogen) atoms. The van der Waals surface area contributed by atoms with Gasteiger partial charge < -0.3 is 19.9 Å². The first-order valence-corrected chi connectivity index (χ1v) is 6.03. The van der Waals surface area contributed by atoms with Crippen LogP contribution in [0.5, 0.6) is 0 Å². The number of carboxylic acid groups (broad SMARTS) is 1. The Hall–Kier alpha value is -2.05. The maximum atomic E-state index is 12.0. The molecule has 7 heteroatoms. The van der Waals surface area contributed by atoms with E-state index in [4.69, 9.17) is 5.11 Å². The van der Waals surface area contributed by atoms with Gasteiger partial charge in [-0.05, 0) is 20.8 Å². The lowest BCUT2D eigenvalue weighted by molar-refractivity contribution is -0.138. The Balaban J connectivity index is 2.50. The van der Waals surface area contributed by atoms with Crippen LogP contribution < -0.4 is 5.32 Å². The number of rotatable bonds is 5. The lowest BCUT2D eigenvalue weighted by Crippen LogP contribution is -2.52. The minimum atomic E-state index is -1.03. The Kier molecular flexibility index (Phi) is 4.91.